The van der Waals surface area contributed by atoms with Crippen LogP contribution in [-0.2, 0) is 26.2 Å². The number of pyridine rings is 2. The van der Waals surface area contributed by atoms with Crippen molar-refractivity contribution in [2.75, 3.05) is 19.6 Å². The molecular formula is C26H35N4+. The van der Waals surface area contributed by atoms with Gasteiger partial charge in [-0.1, -0.05) is 30.3 Å². The van der Waals surface area contributed by atoms with Crippen molar-refractivity contribution >= 4 is 0 Å². The number of quaternary nitrogens is 1. The van der Waals surface area contributed by atoms with E-state index in [0.29, 0.717) is 0 Å². The van der Waals surface area contributed by atoms with Gasteiger partial charge >= 0.3 is 0 Å². The minimum absolute atomic E-state index is 0.806. The second-order valence-electron chi connectivity index (χ2n) is 8.06. The van der Waals surface area contributed by atoms with Gasteiger partial charge in [-0.3, -0.25) is 14.9 Å². The second-order valence-corrected chi connectivity index (χ2v) is 8.06. The van der Waals surface area contributed by atoms with E-state index in [1.807, 2.05) is 24.5 Å². The van der Waals surface area contributed by atoms with Crippen molar-refractivity contribution in [1.82, 2.24) is 14.9 Å². The predicted molar refractivity (Wildman–Crippen MR) is 123 cm³/mol. The molecule has 30 heavy (non-hydrogen) atoms. The zero-order chi connectivity index (χ0) is 21.2. The summed E-state index contributed by atoms with van der Waals surface area (Å²) in [5.41, 5.74) is 4.95. The fourth-order valence-corrected chi connectivity index (χ4v) is 4.09. The van der Waals surface area contributed by atoms with Crippen molar-refractivity contribution in [2.24, 2.45) is 0 Å². The van der Waals surface area contributed by atoms with Crippen LogP contribution in [0, 0.1) is 0 Å². The SMILES string of the molecule is CC[N+](CC)(CC)Cc1cccc(CN(Cc2ccccn2)Cc2ccccn2)c1. The zero-order valence-corrected chi connectivity index (χ0v) is 18.7. The summed E-state index contributed by atoms with van der Waals surface area (Å²) in [7, 11) is 0. The molecule has 3 rings (SSSR count). The molecular weight excluding hydrogens is 368 g/mol. The quantitative estimate of drug-likeness (QED) is 0.419. The molecule has 3 aromatic rings. The molecule has 0 unspecified atom stereocenters. The molecule has 0 bridgehead atoms. The summed E-state index contributed by atoms with van der Waals surface area (Å²) in [5.74, 6) is 0. The lowest BCUT2D eigenvalue weighted by atomic mass is 10.1. The Bertz CT molecular complexity index is 826. The van der Waals surface area contributed by atoms with E-state index in [1.165, 1.54) is 30.8 Å². The first kappa shape index (κ1) is 22.1. The van der Waals surface area contributed by atoms with E-state index >= 15 is 0 Å². The topological polar surface area (TPSA) is 29.0 Å². The van der Waals surface area contributed by atoms with Crippen molar-refractivity contribution in [3.63, 3.8) is 0 Å². The van der Waals surface area contributed by atoms with Gasteiger partial charge in [-0.15, -0.1) is 0 Å². The standard InChI is InChI=1S/C26H35N4/c1-4-30(5-2,6-3)22-24-13-11-12-23(18-24)19-29(20-25-14-7-9-16-27-25)21-26-15-8-10-17-28-26/h7-18H,4-6,19-22H2,1-3H3/q+1. The highest BCUT2D eigenvalue weighted by atomic mass is 15.3. The van der Waals surface area contributed by atoms with E-state index < -0.39 is 0 Å². The van der Waals surface area contributed by atoms with E-state index in [-0.39, 0.29) is 0 Å². The molecule has 0 saturated carbocycles. The van der Waals surface area contributed by atoms with Gasteiger partial charge in [-0.05, 0) is 56.7 Å². The van der Waals surface area contributed by atoms with E-state index in [2.05, 4.69) is 84.2 Å². The Morgan fingerprint density at radius 2 is 1.23 bits per heavy atom. The van der Waals surface area contributed by atoms with Crippen LogP contribution in [0.15, 0.2) is 73.1 Å². The fourth-order valence-electron chi connectivity index (χ4n) is 4.09. The third-order valence-electron chi connectivity index (χ3n) is 6.15. The normalized spacial score (nSPS) is 11.7. The highest BCUT2D eigenvalue weighted by Crippen LogP contribution is 2.18. The number of rotatable bonds is 11. The minimum atomic E-state index is 0.806. The van der Waals surface area contributed by atoms with Gasteiger partial charge in [0.15, 0.2) is 0 Å². The highest BCUT2D eigenvalue weighted by Gasteiger charge is 2.21. The average Bonchev–Trinajstić information content (AvgIpc) is 2.79. The van der Waals surface area contributed by atoms with Gasteiger partial charge in [0.1, 0.15) is 6.54 Å². The molecule has 0 fully saturated rings. The summed E-state index contributed by atoms with van der Waals surface area (Å²) >= 11 is 0. The van der Waals surface area contributed by atoms with Crippen molar-refractivity contribution in [3.05, 3.63) is 95.6 Å². The van der Waals surface area contributed by atoms with E-state index in [1.54, 1.807) is 0 Å². The van der Waals surface area contributed by atoms with Gasteiger partial charge in [-0.2, -0.15) is 0 Å². The Kier molecular flexibility index (Phi) is 8.12. The number of hydrogen-bond donors (Lipinski definition) is 0. The van der Waals surface area contributed by atoms with Crippen LogP contribution < -0.4 is 0 Å². The lowest BCUT2D eigenvalue weighted by Crippen LogP contribution is -2.46. The summed E-state index contributed by atoms with van der Waals surface area (Å²) in [6.07, 6.45) is 3.74. The molecule has 0 spiro atoms. The maximum absolute atomic E-state index is 4.54. The molecule has 0 N–H and O–H groups in total. The number of nitrogens with zero attached hydrogens (tertiary/aromatic N) is 4. The summed E-state index contributed by atoms with van der Waals surface area (Å²) < 4.78 is 1.13. The Morgan fingerprint density at radius 3 is 1.73 bits per heavy atom. The number of aromatic nitrogens is 2. The Labute approximate surface area is 181 Å². The smallest absolute Gasteiger partial charge is 0.104 e. The fraction of sp³-hybridized carbons (Fsp3) is 0.385. The third kappa shape index (κ3) is 6.22. The zero-order valence-electron chi connectivity index (χ0n) is 18.7. The van der Waals surface area contributed by atoms with Crippen LogP contribution in [0.1, 0.15) is 43.3 Å². The predicted octanol–water partition coefficient (Wildman–Crippen LogP) is 5.06. The Balaban J connectivity index is 1.78. The lowest BCUT2D eigenvalue weighted by Gasteiger charge is -2.36. The van der Waals surface area contributed by atoms with Gasteiger partial charge in [0, 0.05) is 37.6 Å². The monoisotopic (exact) mass is 403 g/mol. The Hall–Kier alpha value is -2.56. The van der Waals surface area contributed by atoms with Crippen LogP contribution in [0.4, 0.5) is 0 Å². The lowest BCUT2D eigenvalue weighted by molar-refractivity contribution is -0.936. The van der Waals surface area contributed by atoms with E-state index in [0.717, 1.165) is 42.0 Å². The summed E-state index contributed by atoms with van der Waals surface area (Å²) in [5, 5.41) is 0. The van der Waals surface area contributed by atoms with Gasteiger partial charge in [0.25, 0.3) is 0 Å². The van der Waals surface area contributed by atoms with Gasteiger partial charge in [-0.25, -0.2) is 0 Å². The van der Waals surface area contributed by atoms with E-state index in [9.17, 15) is 0 Å². The molecule has 2 heterocycles. The van der Waals surface area contributed by atoms with Crippen LogP contribution in [0.2, 0.25) is 0 Å². The largest absolute Gasteiger partial charge is 0.321 e. The van der Waals surface area contributed by atoms with Crippen molar-refractivity contribution in [2.45, 2.75) is 47.0 Å². The van der Waals surface area contributed by atoms with Gasteiger partial charge < -0.3 is 4.48 Å². The minimum Gasteiger partial charge on any atom is -0.321 e. The van der Waals surface area contributed by atoms with Crippen molar-refractivity contribution in [3.8, 4) is 0 Å². The molecule has 2 aromatic heterocycles. The first-order valence-electron chi connectivity index (χ1n) is 11.1. The molecule has 158 valence electrons. The van der Waals surface area contributed by atoms with Gasteiger partial charge in [0.2, 0.25) is 0 Å². The molecule has 0 atom stereocenters. The molecule has 0 aliphatic heterocycles. The highest BCUT2D eigenvalue weighted by molar-refractivity contribution is 5.23. The summed E-state index contributed by atoms with van der Waals surface area (Å²) in [4.78, 5) is 11.5. The molecule has 4 nitrogen and oxygen atoms in total. The maximum atomic E-state index is 4.54. The molecule has 0 radical (unpaired) electrons. The van der Waals surface area contributed by atoms with Crippen molar-refractivity contribution in [1.29, 1.82) is 0 Å². The number of hydrogen-bond acceptors (Lipinski definition) is 3. The number of benzene rings is 1. The maximum Gasteiger partial charge on any atom is 0.104 e. The summed E-state index contributed by atoms with van der Waals surface area (Å²) in [6.45, 7) is 14.0. The molecule has 1 aromatic carbocycles. The molecule has 4 heteroatoms. The van der Waals surface area contributed by atoms with Crippen LogP contribution in [0.5, 0.6) is 0 Å². The summed E-state index contributed by atoms with van der Waals surface area (Å²) in [6, 6.07) is 21.3. The molecule has 0 amide bonds. The Morgan fingerprint density at radius 1 is 0.667 bits per heavy atom. The third-order valence-corrected chi connectivity index (χ3v) is 6.15. The molecule has 0 aliphatic rings. The van der Waals surface area contributed by atoms with Crippen LogP contribution >= 0.6 is 0 Å². The van der Waals surface area contributed by atoms with Crippen LogP contribution in [0.3, 0.4) is 0 Å². The van der Waals surface area contributed by atoms with E-state index in [4.69, 9.17) is 0 Å². The molecule has 0 aliphatic carbocycles. The molecule has 0 saturated heterocycles. The van der Waals surface area contributed by atoms with Crippen molar-refractivity contribution < 1.29 is 4.48 Å². The van der Waals surface area contributed by atoms with Crippen LogP contribution in [-0.4, -0.2) is 39.0 Å². The second kappa shape index (κ2) is 11.0. The first-order chi connectivity index (χ1) is 14.7. The van der Waals surface area contributed by atoms with Gasteiger partial charge in [0.05, 0.1) is 31.0 Å². The van der Waals surface area contributed by atoms with Crippen LogP contribution in [0.25, 0.3) is 0 Å². The average molecular weight is 404 g/mol. The first-order valence-corrected chi connectivity index (χ1v) is 11.1.